The van der Waals surface area contributed by atoms with E-state index in [1.165, 1.54) is 11.1 Å². The van der Waals surface area contributed by atoms with E-state index in [4.69, 9.17) is 0 Å². The molecule has 1 amide bonds. The van der Waals surface area contributed by atoms with Gasteiger partial charge in [-0.3, -0.25) is 9.78 Å². The van der Waals surface area contributed by atoms with E-state index < -0.39 is 0 Å². The zero-order valence-electron chi connectivity index (χ0n) is 13.8. The Bertz CT molecular complexity index is 836. The molecule has 0 spiro atoms. The zero-order chi connectivity index (χ0) is 16.4. The number of rotatable bonds is 4. The number of aryl methyl sites for hydroxylation is 2. The van der Waals surface area contributed by atoms with Crippen molar-refractivity contribution in [3.8, 4) is 0 Å². The number of hydrogen-bond acceptors (Lipinski definition) is 2. The SMILES string of the molecule is Cc1cc(C)c2cc(C(=O)N(C)CCc3ccccn3)[nH]c2c1. The topological polar surface area (TPSA) is 49.0 Å². The minimum atomic E-state index is 0.00850. The van der Waals surface area contributed by atoms with Crippen molar-refractivity contribution in [1.82, 2.24) is 14.9 Å². The summed E-state index contributed by atoms with van der Waals surface area (Å²) >= 11 is 0. The number of nitrogens with one attached hydrogen (secondary N) is 1. The van der Waals surface area contributed by atoms with Gasteiger partial charge in [0.1, 0.15) is 5.69 Å². The number of fused-ring (bicyclic) bond motifs is 1. The zero-order valence-corrected chi connectivity index (χ0v) is 13.8. The molecular formula is C19H21N3O. The molecule has 0 fully saturated rings. The number of hydrogen-bond donors (Lipinski definition) is 1. The highest BCUT2D eigenvalue weighted by Crippen LogP contribution is 2.22. The predicted octanol–water partition coefficient (Wildman–Crippen LogP) is 3.49. The third-order valence-electron chi connectivity index (χ3n) is 4.10. The molecular weight excluding hydrogens is 286 g/mol. The number of amides is 1. The van der Waals surface area contributed by atoms with Crippen LogP contribution in [0.25, 0.3) is 10.9 Å². The van der Waals surface area contributed by atoms with Gasteiger partial charge in [-0.05, 0) is 49.2 Å². The maximum atomic E-state index is 12.6. The first kappa shape index (κ1) is 15.3. The van der Waals surface area contributed by atoms with Crippen molar-refractivity contribution in [3.05, 3.63) is 65.1 Å². The second kappa shape index (κ2) is 6.24. The Kier molecular flexibility index (Phi) is 4.15. The molecule has 118 valence electrons. The van der Waals surface area contributed by atoms with Crippen molar-refractivity contribution >= 4 is 16.8 Å². The second-order valence-electron chi connectivity index (χ2n) is 6.02. The van der Waals surface area contributed by atoms with Crippen molar-refractivity contribution in [2.45, 2.75) is 20.3 Å². The number of aromatic amines is 1. The van der Waals surface area contributed by atoms with Gasteiger partial charge in [0, 0.05) is 42.8 Å². The lowest BCUT2D eigenvalue weighted by molar-refractivity contribution is 0.0791. The van der Waals surface area contributed by atoms with Crippen molar-refractivity contribution in [2.75, 3.05) is 13.6 Å². The fourth-order valence-electron chi connectivity index (χ4n) is 2.85. The van der Waals surface area contributed by atoms with E-state index in [9.17, 15) is 4.79 Å². The number of aromatic nitrogens is 2. The van der Waals surface area contributed by atoms with E-state index >= 15 is 0 Å². The van der Waals surface area contributed by atoms with Crippen LogP contribution < -0.4 is 0 Å². The summed E-state index contributed by atoms with van der Waals surface area (Å²) in [5.41, 5.74) is 5.03. The van der Waals surface area contributed by atoms with E-state index in [0.29, 0.717) is 12.2 Å². The van der Waals surface area contributed by atoms with Crippen LogP contribution in [0.5, 0.6) is 0 Å². The second-order valence-corrected chi connectivity index (χ2v) is 6.02. The molecule has 0 saturated heterocycles. The number of pyridine rings is 1. The molecule has 1 N–H and O–H groups in total. The van der Waals surface area contributed by atoms with Crippen LogP contribution in [0.4, 0.5) is 0 Å². The first-order chi connectivity index (χ1) is 11.0. The number of carbonyl (C=O) groups is 1. The van der Waals surface area contributed by atoms with Gasteiger partial charge in [-0.15, -0.1) is 0 Å². The molecule has 0 atom stereocenters. The fraction of sp³-hybridized carbons (Fsp3) is 0.263. The molecule has 2 aromatic heterocycles. The van der Waals surface area contributed by atoms with E-state index in [0.717, 1.165) is 23.0 Å². The molecule has 0 saturated carbocycles. The van der Waals surface area contributed by atoms with Gasteiger partial charge in [0.25, 0.3) is 5.91 Å². The van der Waals surface area contributed by atoms with Gasteiger partial charge < -0.3 is 9.88 Å². The molecule has 4 heteroatoms. The van der Waals surface area contributed by atoms with E-state index in [2.05, 4.69) is 35.9 Å². The van der Waals surface area contributed by atoms with Gasteiger partial charge in [0.15, 0.2) is 0 Å². The third kappa shape index (κ3) is 3.26. The van der Waals surface area contributed by atoms with E-state index in [1.807, 2.05) is 31.3 Å². The van der Waals surface area contributed by atoms with Crippen LogP contribution in [0, 0.1) is 13.8 Å². The number of carbonyl (C=O) groups excluding carboxylic acids is 1. The molecule has 23 heavy (non-hydrogen) atoms. The summed E-state index contributed by atoms with van der Waals surface area (Å²) in [4.78, 5) is 21.9. The number of likely N-dealkylation sites (N-methyl/N-ethyl adjacent to an activating group) is 1. The van der Waals surface area contributed by atoms with Gasteiger partial charge in [-0.1, -0.05) is 12.1 Å². The van der Waals surface area contributed by atoms with Crippen LogP contribution >= 0.6 is 0 Å². The van der Waals surface area contributed by atoms with Crippen molar-refractivity contribution < 1.29 is 4.79 Å². The normalized spacial score (nSPS) is 10.9. The molecule has 1 aromatic carbocycles. The molecule has 2 heterocycles. The van der Waals surface area contributed by atoms with Crippen molar-refractivity contribution in [3.63, 3.8) is 0 Å². The summed E-state index contributed by atoms with van der Waals surface area (Å²) in [6.07, 6.45) is 2.53. The molecule has 3 rings (SSSR count). The molecule has 0 aliphatic rings. The number of benzene rings is 1. The summed E-state index contributed by atoms with van der Waals surface area (Å²) in [6, 6.07) is 12.0. The molecule has 0 aliphatic carbocycles. The minimum Gasteiger partial charge on any atom is -0.351 e. The highest BCUT2D eigenvalue weighted by atomic mass is 16.2. The van der Waals surface area contributed by atoms with Crippen LogP contribution in [-0.2, 0) is 6.42 Å². The van der Waals surface area contributed by atoms with Gasteiger partial charge >= 0.3 is 0 Å². The van der Waals surface area contributed by atoms with Crippen molar-refractivity contribution in [1.29, 1.82) is 0 Å². The van der Waals surface area contributed by atoms with Crippen LogP contribution in [0.15, 0.2) is 42.6 Å². The molecule has 4 nitrogen and oxygen atoms in total. The molecule has 0 bridgehead atoms. The summed E-state index contributed by atoms with van der Waals surface area (Å²) in [5.74, 6) is 0.00850. The Hall–Kier alpha value is -2.62. The number of nitrogens with zero attached hydrogens (tertiary/aromatic N) is 2. The lowest BCUT2D eigenvalue weighted by Gasteiger charge is -2.15. The van der Waals surface area contributed by atoms with Gasteiger partial charge in [-0.2, -0.15) is 0 Å². The molecule has 0 radical (unpaired) electrons. The highest BCUT2D eigenvalue weighted by molar-refractivity contribution is 5.98. The monoisotopic (exact) mass is 307 g/mol. The Morgan fingerprint density at radius 2 is 2.04 bits per heavy atom. The third-order valence-corrected chi connectivity index (χ3v) is 4.10. The summed E-state index contributed by atoms with van der Waals surface area (Å²) < 4.78 is 0. The summed E-state index contributed by atoms with van der Waals surface area (Å²) in [6.45, 7) is 4.78. The average Bonchev–Trinajstić information content (AvgIpc) is 2.97. The van der Waals surface area contributed by atoms with Crippen LogP contribution in [0.1, 0.15) is 27.3 Å². The number of H-pyrrole nitrogens is 1. The summed E-state index contributed by atoms with van der Waals surface area (Å²) in [7, 11) is 1.83. The largest absolute Gasteiger partial charge is 0.351 e. The highest BCUT2D eigenvalue weighted by Gasteiger charge is 2.15. The Morgan fingerprint density at radius 1 is 1.22 bits per heavy atom. The first-order valence-electron chi connectivity index (χ1n) is 7.80. The lowest BCUT2D eigenvalue weighted by atomic mass is 10.1. The maximum Gasteiger partial charge on any atom is 0.270 e. The molecule has 0 aliphatic heterocycles. The quantitative estimate of drug-likeness (QED) is 0.802. The Labute approximate surface area is 136 Å². The first-order valence-corrected chi connectivity index (χ1v) is 7.80. The van der Waals surface area contributed by atoms with Crippen molar-refractivity contribution in [2.24, 2.45) is 0 Å². The summed E-state index contributed by atoms with van der Waals surface area (Å²) in [5, 5.41) is 1.11. The maximum absolute atomic E-state index is 12.6. The smallest absolute Gasteiger partial charge is 0.270 e. The van der Waals surface area contributed by atoms with Crippen LogP contribution in [-0.4, -0.2) is 34.4 Å². The van der Waals surface area contributed by atoms with Gasteiger partial charge in [0.05, 0.1) is 0 Å². The standard InChI is InChI=1S/C19H21N3O/c1-13-10-14(2)16-12-18(21-17(16)11-13)19(23)22(3)9-7-15-6-4-5-8-20-15/h4-6,8,10-12,21H,7,9H2,1-3H3. The van der Waals surface area contributed by atoms with Gasteiger partial charge in [-0.25, -0.2) is 0 Å². The molecule has 3 aromatic rings. The van der Waals surface area contributed by atoms with Crippen LogP contribution in [0.2, 0.25) is 0 Å². The minimum absolute atomic E-state index is 0.00850. The van der Waals surface area contributed by atoms with E-state index in [1.54, 1.807) is 11.1 Å². The Morgan fingerprint density at radius 3 is 2.78 bits per heavy atom. The van der Waals surface area contributed by atoms with Crippen LogP contribution in [0.3, 0.4) is 0 Å². The predicted molar refractivity (Wildman–Crippen MR) is 92.7 cm³/mol. The molecule has 0 unspecified atom stereocenters. The lowest BCUT2D eigenvalue weighted by Crippen LogP contribution is -2.29. The van der Waals surface area contributed by atoms with E-state index in [-0.39, 0.29) is 5.91 Å². The van der Waals surface area contributed by atoms with Gasteiger partial charge in [0.2, 0.25) is 0 Å². The fourth-order valence-corrected chi connectivity index (χ4v) is 2.85. The average molecular weight is 307 g/mol. The Balaban J connectivity index is 1.75.